The summed E-state index contributed by atoms with van der Waals surface area (Å²) in [6.45, 7) is 0.641. The fourth-order valence-corrected chi connectivity index (χ4v) is 2.64. The van der Waals surface area contributed by atoms with Gasteiger partial charge in [-0.2, -0.15) is 0 Å². The monoisotopic (exact) mass is 372 g/mol. The Kier molecular flexibility index (Phi) is 6.21. The largest absolute Gasteiger partial charge is 0.494 e. The Morgan fingerprint density at radius 1 is 1.00 bits per heavy atom. The molecule has 0 bridgehead atoms. The van der Waals surface area contributed by atoms with Crippen molar-refractivity contribution in [2.45, 2.75) is 12.3 Å². The van der Waals surface area contributed by atoms with E-state index in [1.54, 1.807) is 0 Å². The van der Waals surface area contributed by atoms with Crippen LogP contribution in [0.3, 0.4) is 0 Å². The molecule has 1 unspecified atom stereocenters. The lowest BCUT2D eigenvalue weighted by atomic mass is 9.98. The number of hydrogen-bond acceptors (Lipinski definition) is 1. The Balaban J connectivity index is 1.87. The van der Waals surface area contributed by atoms with Crippen molar-refractivity contribution in [3.63, 3.8) is 0 Å². The normalized spacial score (nSPS) is 12.2. The fraction of sp³-hybridized carbons (Fsp3) is 0.250. The van der Waals surface area contributed by atoms with E-state index in [1.807, 2.05) is 48.5 Å². The third-order valence-electron chi connectivity index (χ3n) is 3.08. The van der Waals surface area contributed by atoms with Crippen LogP contribution in [0.5, 0.6) is 5.75 Å². The third-order valence-corrected chi connectivity index (χ3v) is 4.23. The van der Waals surface area contributed by atoms with Crippen LogP contribution in [0.1, 0.15) is 17.9 Å². The zero-order valence-corrected chi connectivity index (χ0v) is 14.0. The van der Waals surface area contributed by atoms with Gasteiger partial charge in [-0.05, 0) is 48.4 Å². The molecular formula is C16H15BrCl2O. The second-order valence-electron chi connectivity index (χ2n) is 4.49. The average molecular weight is 374 g/mol. The summed E-state index contributed by atoms with van der Waals surface area (Å²) < 4.78 is 6.78. The number of benzene rings is 2. The molecule has 1 atom stereocenters. The van der Waals surface area contributed by atoms with Crippen molar-refractivity contribution in [1.29, 1.82) is 0 Å². The Labute approximate surface area is 138 Å². The molecule has 4 heteroatoms. The van der Waals surface area contributed by atoms with Crippen molar-refractivity contribution in [3.05, 3.63) is 63.6 Å². The van der Waals surface area contributed by atoms with Crippen molar-refractivity contribution < 1.29 is 4.74 Å². The molecule has 0 saturated heterocycles. The summed E-state index contributed by atoms with van der Waals surface area (Å²) in [7, 11) is 0. The van der Waals surface area contributed by atoms with E-state index < -0.39 is 0 Å². The van der Waals surface area contributed by atoms with E-state index in [-0.39, 0.29) is 5.92 Å². The molecule has 2 aromatic carbocycles. The van der Waals surface area contributed by atoms with Crippen LogP contribution in [0.15, 0.2) is 53.0 Å². The minimum atomic E-state index is 0.282. The van der Waals surface area contributed by atoms with Crippen molar-refractivity contribution in [1.82, 2.24) is 0 Å². The first kappa shape index (κ1) is 15.7. The highest BCUT2D eigenvalue weighted by atomic mass is 79.9. The standard InChI is InChI=1S/C16H15BrCl2O/c17-14-3-7-16(8-4-14)20-10-9-13(11-18)12-1-5-15(19)6-2-12/h1-8,13H,9-11H2. The molecule has 1 nitrogen and oxygen atoms in total. The zero-order valence-electron chi connectivity index (χ0n) is 10.9. The van der Waals surface area contributed by atoms with Gasteiger partial charge < -0.3 is 4.74 Å². The summed E-state index contributed by atoms with van der Waals surface area (Å²) in [5, 5.41) is 0.744. The highest BCUT2D eigenvalue weighted by Gasteiger charge is 2.10. The molecule has 0 N–H and O–H groups in total. The van der Waals surface area contributed by atoms with Gasteiger partial charge in [-0.15, -0.1) is 11.6 Å². The third kappa shape index (κ3) is 4.69. The Morgan fingerprint density at radius 3 is 2.25 bits per heavy atom. The van der Waals surface area contributed by atoms with Gasteiger partial charge in [0.2, 0.25) is 0 Å². The molecule has 0 aromatic heterocycles. The number of hydrogen-bond donors (Lipinski definition) is 0. The predicted molar refractivity (Wildman–Crippen MR) is 89.2 cm³/mol. The quantitative estimate of drug-likeness (QED) is 0.573. The summed E-state index contributed by atoms with van der Waals surface area (Å²) >= 11 is 15.3. The molecule has 0 amide bonds. The van der Waals surface area contributed by atoms with Crippen LogP contribution < -0.4 is 4.74 Å². The lowest BCUT2D eigenvalue weighted by molar-refractivity contribution is 0.301. The summed E-state index contributed by atoms with van der Waals surface area (Å²) in [5.41, 5.74) is 1.20. The Morgan fingerprint density at radius 2 is 1.65 bits per heavy atom. The van der Waals surface area contributed by atoms with Crippen LogP contribution in [-0.4, -0.2) is 12.5 Å². The number of rotatable bonds is 6. The van der Waals surface area contributed by atoms with Gasteiger partial charge >= 0.3 is 0 Å². The smallest absolute Gasteiger partial charge is 0.119 e. The molecule has 2 aromatic rings. The predicted octanol–water partition coefficient (Wildman–Crippen LogP) is 5.89. The van der Waals surface area contributed by atoms with E-state index in [4.69, 9.17) is 27.9 Å². The molecular weight excluding hydrogens is 359 g/mol. The van der Waals surface area contributed by atoms with Crippen molar-refractivity contribution in [3.8, 4) is 5.75 Å². The maximum atomic E-state index is 6.05. The summed E-state index contributed by atoms with van der Waals surface area (Å²) in [6, 6.07) is 15.7. The maximum absolute atomic E-state index is 6.05. The van der Waals surface area contributed by atoms with Crippen LogP contribution >= 0.6 is 39.1 Å². The molecule has 0 aliphatic heterocycles. The highest BCUT2D eigenvalue weighted by Crippen LogP contribution is 2.24. The van der Waals surface area contributed by atoms with Crippen molar-refractivity contribution in [2.75, 3.05) is 12.5 Å². The maximum Gasteiger partial charge on any atom is 0.119 e. The summed E-state index contributed by atoms with van der Waals surface area (Å²) in [6.07, 6.45) is 0.876. The molecule has 0 heterocycles. The van der Waals surface area contributed by atoms with E-state index in [2.05, 4.69) is 15.9 Å². The first-order valence-electron chi connectivity index (χ1n) is 6.39. The number of ether oxygens (including phenoxy) is 1. The molecule has 0 saturated carbocycles. The SMILES string of the molecule is ClCC(CCOc1ccc(Br)cc1)c1ccc(Cl)cc1. The molecule has 0 aliphatic carbocycles. The van der Waals surface area contributed by atoms with E-state index in [1.165, 1.54) is 5.56 Å². The van der Waals surface area contributed by atoms with E-state index in [9.17, 15) is 0 Å². The van der Waals surface area contributed by atoms with Gasteiger partial charge in [0.05, 0.1) is 6.61 Å². The van der Waals surface area contributed by atoms with E-state index in [0.29, 0.717) is 12.5 Å². The van der Waals surface area contributed by atoms with Gasteiger partial charge in [-0.3, -0.25) is 0 Å². The lowest BCUT2D eigenvalue weighted by Crippen LogP contribution is -2.07. The fourth-order valence-electron chi connectivity index (χ4n) is 1.92. The van der Waals surface area contributed by atoms with Gasteiger partial charge in [-0.1, -0.05) is 39.7 Å². The van der Waals surface area contributed by atoms with Gasteiger partial charge in [0, 0.05) is 21.3 Å². The molecule has 2 rings (SSSR count). The summed E-state index contributed by atoms with van der Waals surface area (Å²) in [4.78, 5) is 0. The summed E-state index contributed by atoms with van der Waals surface area (Å²) in [5.74, 6) is 1.73. The zero-order chi connectivity index (χ0) is 14.4. The lowest BCUT2D eigenvalue weighted by Gasteiger charge is -2.15. The topological polar surface area (TPSA) is 9.23 Å². The van der Waals surface area contributed by atoms with Gasteiger partial charge in [0.25, 0.3) is 0 Å². The molecule has 0 fully saturated rings. The molecule has 0 spiro atoms. The Bertz CT molecular complexity index is 525. The van der Waals surface area contributed by atoms with Crippen LogP contribution in [0, 0.1) is 0 Å². The minimum Gasteiger partial charge on any atom is -0.494 e. The highest BCUT2D eigenvalue weighted by molar-refractivity contribution is 9.10. The van der Waals surface area contributed by atoms with Gasteiger partial charge in [0.15, 0.2) is 0 Å². The molecule has 0 aliphatic rings. The first-order chi connectivity index (χ1) is 9.69. The van der Waals surface area contributed by atoms with Crippen molar-refractivity contribution in [2.24, 2.45) is 0 Å². The van der Waals surface area contributed by atoms with Crippen molar-refractivity contribution >= 4 is 39.1 Å². The number of alkyl halides is 1. The molecule has 106 valence electrons. The van der Waals surface area contributed by atoms with E-state index in [0.717, 1.165) is 21.7 Å². The average Bonchev–Trinajstić information content (AvgIpc) is 2.47. The first-order valence-corrected chi connectivity index (χ1v) is 8.09. The van der Waals surface area contributed by atoms with Crippen LogP contribution in [0.2, 0.25) is 5.02 Å². The van der Waals surface area contributed by atoms with Crippen LogP contribution in [0.4, 0.5) is 0 Å². The van der Waals surface area contributed by atoms with Crippen LogP contribution in [0.25, 0.3) is 0 Å². The van der Waals surface area contributed by atoms with Gasteiger partial charge in [-0.25, -0.2) is 0 Å². The second kappa shape index (κ2) is 7.92. The second-order valence-corrected chi connectivity index (χ2v) is 6.15. The minimum absolute atomic E-state index is 0.282. The van der Waals surface area contributed by atoms with Crippen LogP contribution in [-0.2, 0) is 0 Å². The number of halogens is 3. The van der Waals surface area contributed by atoms with Gasteiger partial charge in [0.1, 0.15) is 5.75 Å². The molecule has 0 radical (unpaired) electrons. The molecule has 20 heavy (non-hydrogen) atoms. The Hall–Kier alpha value is -0.700. The van der Waals surface area contributed by atoms with E-state index >= 15 is 0 Å².